The molecule has 0 bridgehead atoms. The summed E-state index contributed by atoms with van der Waals surface area (Å²) in [5.74, 6) is 1.78. The summed E-state index contributed by atoms with van der Waals surface area (Å²) < 4.78 is 6.15. The van der Waals surface area contributed by atoms with Crippen molar-refractivity contribution in [2.24, 2.45) is 10.9 Å². The van der Waals surface area contributed by atoms with E-state index in [4.69, 9.17) is 14.7 Å². The minimum atomic E-state index is 0. The molecule has 0 spiro atoms. The number of ether oxygens (including phenoxy) is 1. The van der Waals surface area contributed by atoms with Gasteiger partial charge in [0.1, 0.15) is 0 Å². The van der Waals surface area contributed by atoms with Crippen molar-refractivity contribution < 1.29 is 4.74 Å². The third kappa shape index (κ3) is 8.02. The molecule has 172 valence electrons. The molecule has 2 unspecified atom stereocenters. The van der Waals surface area contributed by atoms with Gasteiger partial charge in [-0.05, 0) is 32.3 Å². The van der Waals surface area contributed by atoms with Crippen LogP contribution in [0, 0.1) is 12.8 Å². The molecule has 0 amide bonds. The number of nitrogens with zero attached hydrogens (tertiary/aromatic N) is 2. The summed E-state index contributed by atoms with van der Waals surface area (Å²) in [7, 11) is 0. The standard InChI is InChI=1S/C24H36N4OS.HI/c1-5-25-24(26-13-12-21-16-30-23(28-21)17(2)3)27-15-20-7-6-14-29-22(20)19-10-8-18(4)9-11-19;/h8-11,16-17,20,22H,5-7,12-15H2,1-4H3,(H2,25,26,27);1H. The van der Waals surface area contributed by atoms with Crippen molar-refractivity contribution in [1.29, 1.82) is 0 Å². The van der Waals surface area contributed by atoms with Crippen molar-refractivity contribution in [1.82, 2.24) is 15.6 Å². The molecule has 1 aromatic carbocycles. The highest BCUT2D eigenvalue weighted by Crippen LogP contribution is 2.34. The number of rotatable bonds is 8. The number of hydrogen-bond donors (Lipinski definition) is 2. The van der Waals surface area contributed by atoms with Gasteiger partial charge in [0.2, 0.25) is 0 Å². The second-order valence-electron chi connectivity index (χ2n) is 8.33. The summed E-state index contributed by atoms with van der Waals surface area (Å²) in [6, 6.07) is 8.74. The maximum absolute atomic E-state index is 6.15. The zero-order chi connectivity index (χ0) is 21.3. The smallest absolute Gasteiger partial charge is 0.191 e. The number of aromatic nitrogens is 1. The number of aliphatic imine (C=N–C) groups is 1. The largest absolute Gasteiger partial charge is 0.373 e. The van der Waals surface area contributed by atoms with Crippen molar-refractivity contribution in [3.05, 3.63) is 51.5 Å². The zero-order valence-corrected chi connectivity index (χ0v) is 22.3. The molecule has 2 atom stereocenters. The first-order valence-electron chi connectivity index (χ1n) is 11.2. The van der Waals surface area contributed by atoms with Crippen LogP contribution in [0.1, 0.15) is 67.5 Å². The summed E-state index contributed by atoms with van der Waals surface area (Å²) in [6.45, 7) is 11.9. The molecular formula is C24H37IN4OS. The third-order valence-electron chi connectivity index (χ3n) is 5.42. The van der Waals surface area contributed by atoms with E-state index in [-0.39, 0.29) is 30.1 Å². The average molecular weight is 557 g/mol. The lowest BCUT2D eigenvalue weighted by atomic mass is 9.89. The van der Waals surface area contributed by atoms with E-state index in [1.807, 2.05) is 0 Å². The maximum atomic E-state index is 6.15. The van der Waals surface area contributed by atoms with Gasteiger partial charge in [-0.2, -0.15) is 0 Å². The van der Waals surface area contributed by atoms with Gasteiger partial charge in [0.15, 0.2) is 5.96 Å². The van der Waals surface area contributed by atoms with Crippen LogP contribution >= 0.6 is 35.3 Å². The summed E-state index contributed by atoms with van der Waals surface area (Å²) in [5, 5.41) is 10.2. The molecule has 1 aromatic heterocycles. The Hall–Kier alpha value is -1.19. The summed E-state index contributed by atoms with van der Waals surface area (Å²) in [5.41, 5.74) is 3.71. The molecule has 1 aliphatic heterocycles. The van der Waals surface area contributed by atoms with Gasteiger partial charge >= 0.3 is 0 Å². The SMILES string of the molecule is CCNC(=NCC1CCCOC1c1ccc(C)cc1)NCCc1csc(C(C)C)n1.I. The van der Waals surface area contributed by atoms with Crippen molar-refractivity contribution in [2.75, 3.05) is 26.2 Å². The molecule has 0 aliphatic carbocycles. The van der Waals surface area contributed by atoms with Gasteiger partial charge in [-0.3, -0.25) is 4.99 Å². The lowest BCUT2D eigenvalue weighted by molar-refractivity contribution is -0.0250. The van der Waals surface area contributed by atoms with E-state index in [1.54, 1.807) is 11.3 Å². The Labute approximate surface area is 208 Å². The Morgan fingerprint density at radius 3 is 2.71 bits per heavy atom. The Kier molecular flexibility index (Phi) is 11.2. The van der Waals surface area contributed by atoms with Gasteiger partial charge in [-0.15, -0.1) is 35.3 Å². The van der Waals surface area contributed by atoms with Crippen LogP contribution in [0.2, 0.25) is 0 Å². The predicted molar refractivity (Wildman–Crippen MR) is 142 cm³/mol. The predicted octanol–water partition coefficient (Wildman–Crippen LogP) is 5.46. The number of benzene rings is 1. The van der Waals surface area contributed by atoms with Crippen LogP contribution in [-0.4, -0.2) is 37.2 Å². The van der Waals surface area contributed by atoms with Crippen LogP contribution in [0.25, 0.3) is 0 Å². The number of nitrogens with one attached hydrogen (secondary N) is 2. The van der Waals surface area contributed by atoms with Gasteiger partial charge in [0.05, 0.1) is 16.8 Å². The maximum Gasteiger partial charge on any atom is 0.191 e. The van der Waals surface area contributed by atoms with E-state index in [2.05, 4.69) is 68.0 Å². The second-order valence-corrected chi connectivity index (χ2v) is 9.22. The lowest BCUT2D eigenvalue weighted by Crippen LogP contribution is -2.39. The van der Waals surface area contributed by atoms with Crippen LogP contribution < -0.4 is 10.6 Å². The van der Waals surface area contributed by atoms with E-state index >= 15 is 0 Å². The fourth-order valence-electron chi connectivity index (χ4n) is 3.72. The summed E-state index contributed by atoms with van der Waals surface area (Å²) in [6.07, 6.45) is 3.30. The van der Waals surface area contributed by atoms with E-state index in [0.717, 1.165) is 57.2 Å². The van der Waals surface area contributed by atoms with E-state index in [9.17, 15) is 0 Å². The van der Waals surface area contributed by atoms with Gasteiger partial charge in [0.25, 0.3) is 0 Å². The first kappa shape index (κ1) is 26.1. The average Bonchev–Trinajstić information content (AvgIpc) is 3.22. The topological polar surface area (TPSA) is 58.5 Å². The van der Waals surface area contributed by atoms with Crippen LogP contribution in [0.4, 0.5) is 0 Å². The van der Waals surface area contributed by atoms with Crippen molar-refractivity contribution in [3.63, 3.8) is 0 Å². The molecule has 3 rings (SSSR count). The number of halogens is 1. The Morgan fingerprint density at radius 1 is 1.26 bits per heavy atom. The van der Waals surface area contributed by atoms with Gasteiger partial charge in [-0.1, -0.05) is 43.7 Å². The normalized spacial score (nSPS) is 19.2. The molecular weight excluding hydrogens is 519 g/mol. The van der Waals surface area contributed by atoms with Crippen LogP contribution in [0.5, 0.6) is 0 Å². The third-order valence-corrected chi connectivity index (χ3v) is 6.61. The molecule has 2 heterocycles. The molecule has 0 radical (unpaired) electrons. The number of thiazole rings is 1. The number of hydrogen-bond acceptors (Lipinski definition) is 4. The van der Waals surface area contributed by atoms with Crippen molar-refractivity contribution in [3.8, 4) is 0 Å². The number of aryl methyl sites for hydroxylation is 1. The van der Waals surface area contributed by atoms with Crippen molar-refractivity contribution in [2.45, 2.75) is 59.0 Å². The first-order valence-corrected chi connectivity index (χ1v) is 12.1. The van der Waals surface area contributed by atoms with Crippen molar-refractivity contribution >= 4 is 41.3 Å². The van der Waals surface area contributed by atoms with E-state index in [1.165, 1.54) is 16.1 Å². The monoisotopic (exact) mass is 556 g/mol. The molecule has 1 saturated heterocycles. The Balaban J connectivity index is 0.00000341. The highest BCUT2D eigenvalue weighted by Gasteiger charge is 2.27. The molecule has 1 aliphatic rings. The molecule has 31 heavy (non-hydrogen) atoms. The molecule has 7 heteroatoms. The summed E-state index contributed by atoms with van der Waals surface area (Å²) >= 11 is 1.76. The van der Waals surface area contributed by atoms with Gasteiger partial charge in [-0.25, -0.2) is 4.98 Å². The molecule has 2 N–H and O–H groups in total. The fourth-order valence-corrected chi connectivity index (χ4v) is 4.59. The molecule has 1 fully saturated rings. The second kappa shape index (κ2) is 13.4. The van der Waals surface area contributed by atoms with Gasteiger partial charge < -0.3 is 15.4 Å². The highest BCUT2D eigenvalue weighted by atomic mass is 127. The van der Waals surface area contributed by atoms with Gasteiger partial charge in [0, 0.05) is 49.9 Å². The Morgan fingerprint density at radius 2 is 2.03 bits per heavy atom. The van der Waals surface area contributed by atoms with E-state index < -0.39 is 0 Å². The quantitative estimate of drug-likeness (QED) is 0.258. The molecule has 5 nitrogen and oxygen atoms in total. The van der Waals surface area contributed by atoms with Crippen LogP contribution in [0.3, 0.4) is 0 Å². The summed E-state index contributed by atoms with van der Waals surface area (Å²) in [4.78, 5) is 9.62. The minimum Gasteiger partial charge on any atom is -0.373 e. The molecule has 2 aromatic rings. The highest BCUT2D eigenvalue weighted by molar-refractivity contribution is 14.0. The minimum absolute atomic E-state index is 0. The first-order chi connectivity index (χ1) is 14.6. The zero-order valence-electron chi connectivity index (χ0n) is 19.2. The lowest BCUT2D eigenvalue weighted by Gasteiger charge is -2.31. The van der Waals surface area contributed by atoms with Crippen LogP contribution in [-0.2, 0) is 11.2 Å². The number of guanidine groups is 1. The molecule has 0 saturated carbocycles. The fraction of sp³-hybridized carbons (Fsp3) is 0.583. The van der Waals surface area contributed by atoms with E-state index in [0.29, 0.717) is 11.8 Å². The Bertz CT molecular complexity index is 806. The van der Waals surface area contributed by atoms with Crippen LogP contribution in [0.15, 0.2) is 34.6 Å².